The molecule has 1 aromatic carbocycles. The Balaban J connectivity index is 1.12. The third-order valence-electron chi connectivity index (χ3n) is 7.09. The predicted molar refractivity (Wildman–Crippen MR) is 128 cm³/mol. The summed E-state index contributed by atoms with van der Waals surface area (Å²) < 4.78 is 0. The highest BCUT2D eigenvalue weighted by Crippen LogP contribution is 2.31. The van der Waals surface area contributed by atoms with Gasteiger partial charge in [0.05, 0.1) is 11.1 Å². The Morgan fingerprint density at radius 1 is 1.00 bits per heavy atom. The molecule has 0 saturated carbocycles. The number of nitrogens with one attached hydrogen (secondary N) is 1. The molecule has 0 spiro atoms. The fourth-order valence-electron chi connectivity index (χ4n) is 5.19. The van der Waals surface area contributed by atoms with Crippen LogP contribution in [0.4, 0.5) is 0 Å². The normalized spacial score (nSPS) is 21.6. The van der Waals surface area contributed by atoms with Crippen LogP contribution in [0.5, 0.6) is 0 Å². The molecule has 1 N–H and O–H groups in total. The number of imide groups is 2. The molecule has 0 bridgehead atoms. The standard InChI is InChI=1S/C25H23N5O4S/c31-20-4-3-19(22(32)27-20)30-24(33)17-2-1-14(11-18(17)25(30)34)13-29-8-5-15(6-9-29)21-26-12-16-7-10-35-23(16)28-21/h1-2,7,10-12,15,19H,3-6,8-9,13H2,(H,27,31,32). The lowest BCUT2D eigenvalue weighted by atomic mass is 9.95. The molecule has 3 aliphatic rings. The Morgan fingerprint density at radius 3 is 2.60 bits per heavy atom. The molecule has 3 aromatic rings. The second-order valence-corrected chi connectivity index (χ2v) is 10.2. The molecule has 35 heavy (non-hydrogen) atoms. The number of hydrogen-bond donors (Lipinski definition) is 1. The van der Waals surface area contributed by atoms with Crippen molar-refractivity contribution in [3.8, 4) is 0 Å². The number of piperidine rings is 2. The Hall–Kier alpha value is -3.50. The van der Waals surface area contributed by atoms with Crippen LogP contribution in [0.15, 0.2) is 35.8 Å². The maximum atomic E-state index is 13.1. The lowest BCUT2D eigenvalue weighted by Crippen LogP contribution is -2.54. The van der Waals surface area contributed by atoms with E-state index in [4.69, 9.17) is 4.98 Å². The molecular weight excluding hydrogens is 466 g/mol. The van der Waals surface area contributed by atoms with Crippen molar-refractivity contribution in [3.63, 3.8) is 0 Å². The molecule has 2 saturated heterocycles. The maximum Gasteiger partial charge on any atom is 0.262 e. The van der Waals surface area contributed by atoms with Gasteiger partial charge in [0, 0.05) is 30.5 Å². The van der Waals surface area contributed by atoms with E-state index in [-0.39, 0.29) is 18.7 Å². The first-order valence-corrected chi connectivity index (χ1v) is 12.6. The van der Waals surface area contributed by atoms with Crippen molar-refractivity contribution in [2.24, 2.45) is 0 Å². The number of rotatable bonds is 4. The van der Waals surface area contributed by atoms with Crippen molar-refractivity contribution < 1.29 is 19.2 Å². The van der Waals surface area contributed by atoms with Crippen LogP contribution in [-0.4, -0.2) is 62.5 Å². The van der Waals surface area contributed by atoms with E-state index in [0.717, 1.165) is 52.4 Å². The van der Waals surface area contributed by atoms with Gasteiger partial charge in [0.2, 0.25) is 11.8 Å². The molecule has 1 atom stereocenters. The largest absolute Gasteiger partial charge is 0.299 e. The van der Waals surface area contributed by atoms with Gasteiger partial charge in [-0.25, -0.2) is 9.97 Å². The van der Waals surface area contributed by atoms with Crippen LogP contribution in [0, 0.1) is 0 Å². The lowest BCUT2D eigenvalue weighted by molar-refractivity contribution is -0.136. The first kappa shape index (κ1) is 22.0. The molecule has 1 unspecified atom stereocenters. The molecule has 4 amide bonds. The van der Waals surface area contributed by atoms with Crippen molar-refractivity contribution in [2.75, 3.05) is 13.1 Å². The smallest absolute Gasteiger partial charge is 0.262 e. The van der Waals surface area contributed by atoms with Crippen LogP contribution in [0.2, 0.25) is 0 Å². The van der Waals surface area contributed by atoms with Gasteiger partial charge in [-0.1, -0.05) is 6.07 Å². The quantitative estimate of drug-likeness (QED) is 0.560. The number of carbonyl (C=O) groups is 4. The molecule has 10 heteroatoms. The van der Waals surface area contributed by atoms with Crippen LogP contribution in [-0.2, 0) is 16.1 Å². The minimum atomic E-state index is -0.946. The van der Waals surface area contributed by atoms with E-state index in [2.05, 4.69) is 15.2 Å². The van der Waals surface area contributed by atoms with Crippen LogP contribution >= 0.6 is 11.3 Å². The van der Waals surface area contributed by atoms with E-state index in [1.807, 2.05) is 23.7 Å². The molecule has 0 radical (unpaired) electrons. The Bertz CT molecular complexity index is 1380. The average molecular weight is 490 g/mol. The van der Waals surface area contributed by atoms with Crippen LogP contribution in [0.1, 0.15) is 63.7 Å². The van der Waals surface area contributed by atoms with Gasteiger partial charge < -0.3 is 0 Å². The Labute approximate surface area is 205 Å². The van der Waals surface area contributed by atoms with Gasteiger partial charge in [0.1, 0.15) is 16.7 Å². The van der Waals surface area contributed by atoms with E-state index in [0.29, 0.717) is 23.6 Å². The number of hydrogen-bond acceptors (Lipinski definition) is 8. The minimum absolute atomic E-state index is 0.108. The van der Waals surface area contributed by atoms with Gasteiger partial charge in [-0.15, -0.1) is 11.3 Å². The molecule has 178 valence electrons. The third kappa shape index (κ3) is 3.92. The summed E-state index contributed by atoms with van der Waals surface area (Å²) in [6.07, 6.45) is 4.09. The molecule has 3 aliphatic heterocycles. The van der Waals surface area contributed by atoms with Crippen molar-refractivity contribution in [2.45, 2.75) is 44.2 Å². The number of aromatic nitrogens is 2. The number of likely N-dealkylation sites (tertiary alicyclic amines) is 1. The summed E-state index contributed by atoms with van der Waals surface area (Å²) in [6, 6.07) is 6.40. The zero-order valence-corrected chi connectivity index (χ0v) is 19.7. The van der Waals surface area contributed by atoms with Gasteiger partial charge in [-0.2, -0.15) is 0 Å². The Kier molecular flexibility index (Phi) is 5.42. The SMILES string of the molecule is O=C1CCC(N2C(=O)c3ccc(CN4CCC(c5ncc6ccsc6n5)CC4)cc3C2=O)C(=O)N1. The van der Waals surface area contributed by atoms with Gasteiger partial charge in [-0.05, 0) is 61.5 Å². The summed E-state index contributed by atoms with van der Waals surface area (Å²) in [7, 11) is 0. The van der Waals surface area contributed by atoms with Crippen LogP contribution in [0.25, 0.3) is 10.2 Å². The number of thiophene rings is 1. The molecule has 2 aromatic heterocycles. The zero-order chi connectivity index (χ0) is 24.1. The Morgan fingerprint density at radius 2 is 1.80 bits per heavy atom. The highest BCUT2D eigenvalue weighted by Gasteiger charge is 2.44. The maximum absolute atomic E-state index is 13.1. The van der Waals surface area contributed by atoms with E-state index in [1.165, 1.54) is 0 Å². The summed E-state index contributed by atoms with van der Waals surface area (Å²) in [6.45, 7) is 2.45. The number of fused-ring (bicyclic) bond motifs is 2. The second kappa shape index (κ2) is 8.62. The first-order chi connectivity index (χ1) is 17.0. The van der Waals surface area contributed by atoms with Crippen molar-refractivity contribution >= 4 is 45.2 Å². The summed E-state index contributed by atoms with van der Waals surface area (Å²) in [5.74, 6) is -0.682. The minimum Gasteiger partial charge on any atom is -0.299 e. The topological polar surface area (TPSA) is 113 Å². The molecular formula is C25H23N5O4S. The van der Waals surface area contributed by atoms with Gasteiger partial charge in [-0.3, -0.25) is 34.3 Å². The summed E-state index contributed by atoms with van der Waals surface area (Å²) in [4.78, 5) is 63.4. The number of nitrogens with zero attached hydrogens (tertiary/aromatic N) is 4. The summed E-state index contributed by atoms with van der Waals surface area (Å²) in [5, 5.41) is 5.34. The summed E-state index contributed by atoms with van der Waals surface area (Å²) in [5.41, 5.74) is 1.58. The van der Waals surface area contributed by atoms with Crippen molar-refractivity contribution in [3.05, 3.63) is 58.4 Å². The van der Waals surface area contributed by atoms with Crippen molar-refractivity contribution in [1.82, 2.24) is 25.1 Å². The second-order valence-electron chi connectivity index (χ2n) is 9.29. The first-order valence-electron chi connectivity index (χ1n) is 11.7. The number of benzene rings is 1. The highest BCUT2D eigenvalue weighted by atomic mass is 32.1. The van der Waals surface area contributed by atoms with E-state index in [9.17, 15) is 19.2 Å². The average Bonchev–Trinajstić information content (AvgIpc) is 3.42. The molecule has 9 nitrogen and oxygen atoms in total. The lowest BCUT2D eigenvalue weighted by Gasteiger charge is -2.31. The molecule has 5 heterocycles. The van der Waals surface area contributed by atoms with Crippen LogP contribution < -0.4 is 5.32 Å². The molecule has 0 aliphatic carbocycles. The zero-order valence-electron chi connectivity index (χ0n) is 18.9. The molecule has 2 fully saturated rings. The van der Waals surface area contributed by atoms with E-state index < -0.39 is 23.8 Å². The predicted octanol–water partition coefficient (Wildman–Crippen LogP) is 2.47. The van der Waals surface area contributed by atoms with E-state index >= 15 is 0 Å². The third-order valence-corrected chi connectivity index (χ3v) is 7.91. The highest BCUT2D eigenvalue weighted by molar-refractivity contribution is 7.16. The fourth-order valence-corrected chi connectivity index (χ4v) is 5.94. The van der Waals surface area contributed by atoms with Crippen molar-refractivity contribution in [1.29, 1.82) is 0 Å². The van der Waals surface area contributed by atoms with Gasteiger partial charge in [0.15, 0.2) is 0 Å². The van der Waals surface area contributed by atoms with Gasteiger partial charge in [0.25, 0.3) is 11.8 Å². The number of carbonyl (C=O) groups excluding carboxylic acids is 4. The van der Waals surface area contributed by atoms with Gasteiger partial charge >= 0.3 is 0 Å². The van der Waals surface area contributed by atoms with E-state index in [1.54, 1.807) is 23.5 Å². The van der Waals surface area contributed by atoms with Crippen LogP contribution in [0.3, 0.4) is 0 Å². The fraction of sp³-hybridized carbons (Fsp3) is 0.360. The monoisotopic (exact) mass is 489 g/mol. The number of amides is 4. The molecule has 6 rings (SSSR count). The summed E-state index contributed by atoms with van der Waals surface area (Å²) >= 11 is 1.63.